The summed E-state index contributed by atoms with van der Waals surface area (Å²) in [7, 11) is 0. The molecule has 0 aliphatic heterocycles. The quantitative estimate of drug-likeness (QED) is 0.649. The second-order valence-electron chi connectivity index (χ2n) is 9.32. The number of aromatic nitrogens is 3. The Morgan fingerprint density at radius 1 is 1.21 bits per heavy atom. The maximum atomic E-state index is 16.2. The summed E-state index contributed by atoms with van der Waals surface area (Å²) in [5, 5.41) is 8.53. The van der Waals surface area contributed by atoms with Gasteiger partial charge in [0, 0.05) is 12.5 Å². The highest BCUT2D eigenvalue weighted by Crippen LogP contribution is 2.39. The molecule has 0 spiro atoms. The molecule has 0 fully saturated rings. The van der Waals surface area contributed by atoms with E-state index >= 15 is 4.39 Å². The fourth-order valence-electron chi connectivity index (χ4n) is 3.89. The van der Waals surface area contributed by atoms with E-state index in [4.69, 9.17) is 4.74 Å². The van der Waals surface area contributed by atoms with E-state index in [0.717, 1.165) is 36.9 Å². The minimum absolute atomic E-state index is 0.156. The number of carbonyl (C=O) groups is 1. The summed E-state index contributed by atoms with van der Waals surface area (Å²) in [6.45, 7) is 9.60. The zero-order chi connectivity index (χ0) is 21.2. The minimum Gasteiger partial charge on any atom is -0.456 e. The molecule has 1 atom stereocenters. The molecule has 0 saturated heterocycles. The van der Waals surface area contributed by atoms with Crippen molar-refractivity contribution in [1.29, 1.82) is 0 Å². The molecule has 0 bridgehead atoms. The predicted octanol–water partition coefficient (Wildman–Crippen LogP) is 5.34. The Balaban J connectivity index is 1.84. The van der Waals surface area contributed by atoms with Crippen LogP contribution < -0.4 is 0 Å². The molecule has 3 rings (SSSR count). The van der Waals surface area contributed by atoms with Gasteiger partial charge in [-0.2, -0.15) is 0 Å². The maximum absolute atomic E-state index is 16.2. The molecule has 158 valence electrons. The lowest BCUT2D eigenvalue weighted by molar-refractivity contribution is 0.00695. The van der Waals surface area contributed by atoms with Crippen LogP contribution in [0.5, 0.6) is 0 Å². The van der Waals surface area contributed by atoms with Gasteiger partial charge < -0.3 is 4.74 Å². The van der Waals surface area contributed by atoms with Gasteiger partial charge in [0.1, 0.15) is 11.3 Å². The lowest BCUT2D eigenvalue weighted by Crippen LogP contribution is -2.27. The molecule has 0 amide bonds. The molecule has 1 unspecified atom stereocenters. The highest BCUT2D eigenvalue weighted by Gasteiger charge is 2.39. The number of fused-ring (bicyclic) bond motifs is 1. The van der Waals surface area contributed by atoms with E-state index < -0.39 is 11.3 Å². The Morgan fingerprint density at radius 3 is 2.52 bits per heavy atom. The summed E-state index contributed by atoms with van der Waals surface area (Å²) in [6, 6.07) is 7.20. The van der Waals surface area contributed by atoms with Crippen LogP contribution in [0.25, 0.3) is 0 Å². The molecular formula is C23H32FN3O2. The van der Waals surface area contributed by atoms with Gasteiger partial charge in [-0.1, -0.05) is 23.8 Å². The second-order valence-corrected chi connectivity index (χ2v) is 9.32. The average molecular weight is 402 g/mol. The molecule has 1 aliphatic rings. The van der Waals surface area contributed by atoms with Gasteiger partial charge in [0.25, 0.3) is 0 Å². The van der Waals surface area contributed by atoms with Crippen LogP contribution in [0.2, 0.25) is 0 Å². The summed E-state index contributed by atoms with van der Waals surface area (Å²) >= 11 is 0. The first-order valence-corrected chi connectivity index (χ1v) is 10.5. The molecule has 2 aromatic rings. The van der Waals surface area contributed by atoms with E-state index in [-0.39, 0.29) is 18.4 Å². The molecule has 1 aliphatic carbocycles. The molecule has 0 N–H and O–H groups in total. The van der Waals surface area contributed by atoms with Gasteiger partial charge >= 0.3 is 5.97 Å². The van der Waals surface area contributed by atoms with Crippen LogP contribution in [0.3, 0.4) is 0 Å². The third kappa shape index (κ3) is 5.03. The fraction of sp³-hybridized carbons (Fsp3) is 0.609. The highest BCUT2D eigenvalue weighted by atomic mass is 19.1. The van der Waals surface area contributed by atoms with Gasteiger partial charge in [-0.15, -0.1) is 5.10 Å². The minimum atomic E-state index is -1.55. The third-order valence-electron chi connectivity index (χ3n) is 5.26. The lowest BCUT2D eigenvalue weighted by Gasteiger charge is -2.27. The summed E-state index contributed by atoms with van der Waals surface area (Å²) < 4.78 is 23.5. The van der Waals surface area contributed by atoms with E-state index in [0.29, 0.717) is 17.7 Å². The molecule has 1 heterocycles. The van der Waals surface area contributed by atoms with Gasteiger partial charge in [-0.3, -0.25) is 0 Å². The number of rotatable bonds is 4. The first kappa shape index (κ1) is 21.5. The predicted molar refractivity (Wildman–Crippen MR) is 111 cm³/mol. The van der Waals surface area contributed by atoms with E-state index in [2.05, 4.69) is 10.3 Å². The van der Waals surface area contributed by atoms with Crippen molar-refractivity contribution < 1.29 is 13.9 Å². The van der Waals surface area contributed by atoms with Gasteiger partial charge in [0.2, 0.25) is 0 Å². The zero-order valence-electron chi connectivity index (χ0n) is 18.2. The lowest BCUT2D eigenvalue weighted by atomic mass is 9.84. The highest BCUT2D eigenvalue weighted by molar-refractivity contribution is 5.89. The maximum Gasteiger partial charge on any atom is 0.338 e. The van der Waals surface area contributed by atoms with Crippen molar-refractivity contribution in [3.8, 4) is 0 Å². The van der Waals surface area contributed by atoms with Gasteiger partial charge in [-0.25, -0.2) is 13.9 Å². The summed E-state index contributed by atoms with van der Waals surface area (Å²) in [4.78, 5) is 12.2. The molecule has 0 radical (unpaired) electrons. The van der Waals surface area contributed by atoms with Crippen LogP contribution in [0.15, 0.2) is 24.3 Å². The summed E-state index contributed by atoms with van der Waals surface area (Å²) in [5.74, 6) is -0.368. The Hall–Kier alpha value is -2.24. The van der Waals surface area contributed by atoms with Crippen LogP contribution in [-0.2, 0) is 23.2 Å². The van der Waals surface area contributed by atoms with Gasteiger partial charge in [0.05, 0.1) is 11.3 Å². The largest absolute Gasteiger partial charge is 0.456 e. The molecule has 29 heavy (non-hydrogen) atoms. The fourth-order valence-corrected chi connectivity index (χ4v) is 3.89. The standard InChI is InChI=1S/C23H32FN3O2/c1-16(2)27-19-9-7-6-8-14-23(24,20(19)25-26-27)15-17-10-12-18(13-11-17)21(28)29-22(3,4)5/h10-13,16H,6-9,14-15H2,1-5H3. The van der Waals surface area contributed by atoms with E-state index in [1.54, 1.807) is 12.1 Å². The van der Waals surface area contributed by atoms with Crippen molar-refractivity contribution in [1.82, 2.24) is 15.0 Å². The molecule has 1 aromatic heterocycles. The summed E-state index contributed by atoms with van der Waals surface area (Å²) in [6.07, 6.45) is 4.35. The SMILES string of the molecule is CC(C)n1nnc2c1CCCCCC2(F)Cc1ccc(C(=O)OC(C)(C)C)cc1. The number of alkyl halides is 1. The van der Waals surface area contributed by atoms with Crippen molar-refractivity contribution in [3.05, 3.63) is 46.8 Å². The summed E-state index contributed by atoms with van der Waals surface area (Å²) in [5.41, 5.74) is 0.632. The first-order valence-electron chi connectivity index (χ1n) is 10.5. The van der Waals surface area contributed by atoms with Crippen LogP contribution in [-0.4, -0.2) is 26.6 Å². The van der Waals surface area contributed by atoms with Gasteiger partial charge in [-0.05, 0) is 78.0 Å². The number of carbonyl (C=O) groups excluding carboxylic acids is 1. The van der Waals surface area contributed by atoms with Crippen molar-refractivity contribution in [2.45, 2.75) is 90.5 Å². The van der Waals surface area contributed by atoms with Crippen LogP contribution in [0, 0.1) is 0 Å². The van der Waals surface area contributed by atoms with E-state index in [9.17, 15) is 4.79 Å². The molecular weight excluding hydrogens is 369 g/mol. The number of nitrogens with zero attached hydrogens (tertiary/aromatic N) is 3. The Labute approximate surface area is 172 Å². The Bertz CT molecular complexity index is 852. The monoisotopic (exact) mass is 401 g/mol. The zero-order valence-corrected chi connectivity index (χ0v) is 18.2. The number of hydrogen-bond donors (Lipinski definition) is 0. The smallest absolute Gasteiger partial charge is 0.338 e. The number of esters is 1. The van der Waals surface area contributed by atoms with E-state index in [1.807, 2.05) is 51.4 Å². The Morgan fingerprint density at radius 2 is 1.90 bits per heavy atom. The van der Waals surface area contributed by atoms with Crippen molar-refractivity contribution in [2.75, 3.05) is 0 Å². The van der Waals surface area contributed by atoms with Crippen LogP contribution >= 0.6 is 0 Å². The first-order chi connectivity index (χ1) is 13.6. The number of hydrogen-bond acceptors (Lipinski definition) is 4. The topological polar surface area (TPSA) is 57.0 Å². The molecule has 0 saturated carbocycles. The van der Waals surface area contributed by atoms with Crippen molar-refractivity contribution in [2.24, 2.45) is 0 Å². The van der Waals surface area contributed by atoms with Crippen molar-refractivity contribution >= 4 is 5.97 Å². The normalized spacial score (nSPS) is 20.1. The Kier molecular flexibility index (Phi) is 6.11. The number of benzene rings is 1. The molecule has 6 heteroatoms. The molecule has 1 aromatic carbocycles. The van der Waals surface area contributed by atoms with Crippen LogP contribution in [0.4, 0.5) is 4.39 Å². The molecule has 5 nitrogen and oxygen atoms in total. The third-order valence-corrected chi connectivity index (χ3v) is 5.26. The van der Waals surface area contributed by atoms with Gasteiger partial charge in [0.15, 0.2) is 5.67 Å². The number of halogens is 1. The van der Waals surface area contributed by atoms with Crippen LogP contribution in [0.1, 0.15) is 93.7 Å². The van der Waals surface area contributed by atoms with Crippen molar-refractivity contribution in [3.63, 3.8) is 0 Å². The second kappa shape index (κ2) is 8.25. The number of ether oxygens (including phenoxy) is 1. The van der Waals surface area contributed by atoms with E-state index in [1.165, 1.54) is 0 Å². The average Bonchev–Trinajstić information content (AvgIpc) is 3.03.